The van der Waals surface area contributed by atoms with E-state index in [9.17, 15) is 4.79 Å². The predicted molar refractivity (Wildman–Crippen MR) is 79.8 cm³/mol. The largest absolute Gasteiger partial charge is 0.368 e. The minimum atomic E-state index is -0.785. The van der Waals surface area contributed by atoms with E-state index in [0.717, 1.165) is 24.9 Å². The van der Waals surface area contributed by atoms with Crippen molar-refractivity contribution >= 4 is 5.91 Å². The van der Waals surface area contributed by atoms with Crippen LogP contribution in [0.3, 0.4) is 0 Å². The first kappa shape index (κ1) is 15.7. The Morgan fingerprint density at radius 2 is 1.89 bits per heavy atom. The molecule has 0 aliphatic heterocycles. The van der Waals surface area contributed by atoms with E-state index in [2.05, 4.69) is 38.2 Å². The molecule has 0 saturated heterocycles. The van der Waals surface area contributed by atoms with E-state index >= 15 is 0 Å². The van der Waals surface area contributed by atoms with Gasteiger partial charge >= 0.3 is 0 Å². The lowest BCUT2D eigenvalue weighted by Gasteiger charge is -2.28. The number of carbonyl (C=O) groups excluding carboxylic acids is 1. The maximum Gasteiger partial charge on any atom is 0.242 e. The molecule has 1 rings (SSSR count). The molecule has 0 saturated carbocycles. The van der Waals surface area contributed by atoms with Crippen LogP contribution in [0.15, 0.2) is 24.3 Å². The van der Waals surface area contributed by atoms with E-state index in [1.54, 1.807) is 0 Å². The summed E-state index contributed by atoms with van der Waals surface area (Å²) in [6, 6.07) is 8.19. The average molecular weight is 262 g/mol. The maximum atomic E-state index is 11.7. The Morgan fingerprint density at radius 3 is 2.32 bits per heavy atom. The van der Waals surface area contributed by atoms with Crippen LogP contribution in [0.5, 0.6) is 0 Å². The first-order valence-corrected chi connectivity index (χ1v) is 7.04. The third kappa shape index (κ3) is 4.06. The predicted octanol–water partition coefficient (Wildman–Crippen LogP) is 2.59. The van der Waals surface area contributed by atoms with Gasteiger partial charge in [0.1, 0.15) is 5.54 Å². The average Bonchev–Trinajstić information content (AvgIpc) is 2.35. The number of carbonyl (C=O) groups is 1. The molecule has 1 unspecified atom stereocenters. The van der Waals surface area contributed by atoms with E-state index in [1.807, 2.05) is 19.1 Å². The Balaban J connectivity index is 2.94. The first-order chi connectivity index (χ1) is 8.90. The zero-order valence-corrected chi connectivity index (χ0v) is 12.5. The van der Waals surface area contributed by atoms with Gasteiger partial charge in [0, 0.05) is 0 Å². The van der Waals surface area contributed by atoms with E-state index < -0.39 is 5.54 Å². The molecular weight excluding hydrogens is 236 g/mol. The second-order valence-corrected chi connectivity index (χ2v) is 5.71. The van der Waals surface area contributed by atoms with Gasteiger partial charge in [-0.1, -0.05) is 45.0 Å². The summed E-state index contributed by atoms with van der Waals surface area (Å²) in [5.74, 6) is 0.296. The molecule has 1 aromatic carbocycles. The number of amides is 1. The van der Waals surface area contributed by atoms with Gasteiger partial charge in [-0.15, -0.1) is 0 Å². The number of rotatable bonds is 7. The number of nitrogens with two attached hydrogens (primary N) is 1. The zero-order chi connectivity index (χ0) is 14.5. The van der Waals surface area contributed by atoms with Gasteiger partial charge in [-0.3, -0.25) is 10.1 Å². The first-order valence-electron chi connectivity index (χ1n) is 7.04. The highest BCUT2D eigenvalue weighted by Crippen LogP contribution is 2.21. The number of primary amides is 1. The van der Waals surface area contributed by atoms with Crippen molar-refractivity contribution in [2.75, 3.05) is 6.54 Å². The van der Waals surface area contributed by atoms with Crippen LogP contribution in [-0.4, -0.2) is 12.5 Å². The van der Waals surface area contributed by atoms with Crippen molar-refractivity contribution in [3.8, 4) is 0 Å². The maximum absolute atomic E-state index is 11.7. The number of hydrogen-bond donors (Lipinski definition) is 2. The molecule has 0 aromatic heterocycles. The highest BCUT2D eigenvalue weighted by Gasteiger charge is 2.32. The third-order valence-electron chi connectivity index (χ3n) is 3.40. The summed E-state index contributed by atoms with van der Waals surface area (Å²) in [6.45, 7) is 9.09. The summed E-state index contributed by atoms with van der Waals surface area (Å²) in [5, 5.41) is 3.25. The molecule has 0 fully saturated rings. The van der Waals surface area contributed by atoms with Crippen molar-refractivity contribution in [2.45, 2.75) is 46.1 Å². The Hall–Kier alpha value is -1.35. The van der Waals surface area contributed by atoms with Crippen LogP contribution in [0, 0.1) is 5.92 Å². The summed E-state index contributed by atoms with van der Waals surface area (Å²) in [7, 11) is 0. The highest BCUT2D eigenvalue weighted by atomic mass is 16.1. The van der Waals surface area contributed by atoms with E-state index in [0.29, 0.717) is 5.92 Å². The Bertz CT molecular complexity index is 411. The van der Waals surface area contributed by atoms with Crippen molar-refractivity contribution in [3.63, 3.8) is 0 Å². The van der Waals surface area contributed by atoms with Crippen molar-refractivity contribution in [3.05, 3.63) is 35.4 Å². The molecule has 0 aliphatic carbocycles. The lowest BCUT2D eigenvalue weighted by Crippen LogP contribution is -2.50. The number of benzene rings is 1. The summed E-state index contributed by atoms with van der Waals surface area (Å²) in [6.07, 6.45) is 2.02. The van der Waals surface area contributed by atoms with Crippen LogP contribution < -0.4 is 11.1 Å². The summed E-state index contributed by atoms with van der Waals surface area (Å²) in [4.78, 5) is 11.7. The van der Waals surface area contributed by atoms with Gasteiger partial charge in [-0.2, -0.15) is 0 Å². The summed E-state index contributed by atoms with van der Waals surface area (Å²) < 4.78 is 0. The Morgan fingerprint density at radius 1 is 1.32 bits per heavy atom. The van der Waals surface area contributed by atoms with Crippen molar-refractivity contribution in [1.82, 2.24) is 5.32 Å². The smallest absolute Gasteiger partial charge is 0.242 e. The SMILES string of the molecule is CCCNC(C)(C(N)=O)c1ccc(CC(C)C)cc1. The molecule has 0 radical (unpaired) electrons. The normalized spacial score (nSPS) is 14.4. The molecule has 1 amide bonds. The lowest BCUT2D eigenvalue weighted by molar-refractivity contribution is -0.124. The van der Waals surface area contributed by atoms with Crippen molar-refractivity contribution < 1.29 is 4.79 Å². The van der Waals surface area contributed by atoms with Gasteiger partial charge in [-0.25, -0.2) is 0 Å². The molecule has 0 aliphatic rings. The second-order valence-electron chi connectivity index (χ2n) is 5.71. The number of hydrogen-bond acceptors (Lipinski definition) is 2. The fourth-order valence-corrected chi connectivity index (χ4v) is 2.15. The van der Waals surface area contributed by atoms with Crippen LogP contribution >= 0.6 is 0 Å². The Labute approximate surface area is 116 Å². The van der Waals surface area contributed by atoms with E-state index in [4.69, 9.17) is 5.73 Å². The fraction of sp³-hybridized carbons (Fsp3) is 0.562. The fourth-order valence-electron chi connectivity index (χ4n) is 2.15. The number of nitrogens with one attached hydrogen (secondary N) is 1. The van der Waals surface area contributed by atoms with Crippen LogP contribution in [0.1, 0.15) is 45.2 Å². The van der Waals surface area contributed by atoms with Crippen molar-refractivity contribution in [1.29, 1.82) is 0 Å². The third-order valence-corrected chi connectivity index (χ3v) is 3.40. The molecule has 0 bridgehead atoms. The van der Waals surface area contributed by atoms with Crippen LogP contribution in [0.4, 0.5) is 0 Å². The molecule has 1 aromatic rings. The van der Waals surface area contributed by atoms with Gasteiger partial charge in [-0.05, 0) is 43.4 Å². The Kier molecular flexibility index (Phi) is 5.55. The molecule has 0 heterocycles. The van der Waals surface area contributed by atoms with Gasteiger partial charge in [0.15, 0.2) is 0 Å². The summed E-state index contributed by atoms with van der Waals surface area (Å²) in [5.41, 5.74) is 7.00. The topological polar surface area (TPSA) is 55.1 Å². The monoisotopic (exact) mass is 262 g/mol. The van der Waals surface area contributed by atoms with E-state index in [-0.39, 0.29) is 5.91 Å². The highest BCUT2D eigenvalue weighted by molar-refractivity contribution is 5.85. The molecule has 106 valence electrons. The van der Waals surface area contributed by atoms with Crippen LogP contribution in [0.25, 0.3) is 0 Å². The molecule has 3 N–H and O–H groups in total. The lowest BCUT2D eigenvalue weighted by atomic mass is 9.89. The second kappa shape index (κ2) is 6.71. The standard InChI is InChI=1S/C16H26N2O/c1-5-10-18-16(4,15(17)19)14-8-6-13(7-9-14)11-12(2)3/h6-9,12,18H,5,10-11H2,1-4H3,(H2,17,19). The molecule has 3 heteroatoms. The minimum absolute atomic E-state index is 0.336. The zero-order valence-electron chi connectivity index (χ0n) is 12.5. The minimum Gasteiger partial charge on any atom is -0.368 e. The molecule has 3 nitrogen and oxygen atoms in total. The molecule has 1 atom stereocenters. The van der Waals surface area contributed by atoms with Crippen LogP contribution in [0.2, 0.25) is 0 Å². The van der Waals surface area contributed by atoms with Gasteiger partial charge in [0.2, 0.25) is 5.91 Å². The van der Waals surface area contributed by atoms with E-state index in [1.165, 1.54) is 5.56 Å². The quantitative estimate of drug-likeness (QED) is 0.793. The van der Waals surface area contributed by atoms with Crippen molar-refractivity contribution in [2.24, 2.45) is 11.7 Å². The van der Waals surface area contributed by atoms with Gasteiger partial charge in [0.05, 0.1) is 0 Å². The molecular formula is C16H26N2O. The van der Waals surface area contributed by atoms with Gasteiger partial charge < -0.3 is 5.73 Å². The van der Waals surface area contributed by atoms with Gasteiger partial charge in [0.25, 0.3) is 0 Å². The van der Waals surface area contributed by atoms with Crippen LogP contribution in [-0.2, 0) is 16.8 Å². The molecule has 0 spiro atoms. The molecule has 19 heavy (non-hydrogen) atoms. The summed E-state index contributed by atoms with van der Waals surface area (Å²) >= 11 is 0.